The summed E-state index contributed by atoms with van der Waals surface area (Å²) in [5.74, 6) is 2.79. The van der Waals surface area contributed by atoms with Gasteiger partial charge >= 0.3 is 0 Å². The zero-order valence-electron chi connectivity index (χ0n) is 6.62. The van der Waals surface area contributed by atoms with Crippen molar-refractivity contribution in [2.75, 3.05) is 22.7 Å². The zero-order valence-corrected chi connectivity index (χ0v) is 9.84. The molecule has 12 heavy (non-hydrogen) atoms. The van der Waals surface area contributed by atoms with Gasteiger partial charge in [-0.3, -0.25) is 0 Å². The number of nitrogens with one attached hydrogen (secondary N) is 1. The molecule has 0 aromatic heterocycles. The lowest BCUT2D eigenvalue weighted by Crippen LogP contribution is -2.29. The van der Waals surface area contributed by atoms with Gasteiger partial charge in [-0.1, -0.05) is 15.9 Å². The van der Waals surface area contributed by atoms with E-state index >= 15 is 0 Å². The summed E-state index contributed by atoms with van der Waals surface area (Å²) < 4.78 is 24.5. The van der Waals surface area contributed by atoms with Gasteiger partial charge in [-0.15, -0.1) is 0 Å². The van der Waals surface area contributed by atoms with Gasteiger partial charge in [0.05, 0.1) is 0 Å². The molecule has 1 atom stereocenters. The van der Waals surface area contributed by atoms with Crippen molar-refractivity contribution >= 4 is 37.7 Å². The fourth-order valence-corrected chi connectivity index (χ4v) is 3.36. The van der Waals surface area contributed by atoms with E-state index in [0.29, 0.717) is 12.5 Å². The van der Waals surface area contributed by atoms with Crippen LogP contribution in [0.1, 0.15) is 6.42 Å². The molecule has 1 fully saturated rings. The van der Waals surface area contributed by atoms with Crippen LogP contribution in [0.4, 0.5) is 0 Å². The molecule has 3 nitrogen and oxygen atoms in total. The Bertz CT molecular complexity index is 224. The molecule has 0 saturated carbocycles. The van der Waals surface area contributed by atoms with Crippen LogP contribution in [0.25, 0.3) is 0 Å². The molecule has 0 aromatic carbocycles. The van der Waals surface area contributed by atoms with Crippen molar-refractivity contribution in [1.29, 1.82) is 0 Å². The van der Waals surface area contributed by atoms with Crippen molar-refractivity contribution in [3.05, 3.63) is 0 Å². The van der Waals surface area contributed by atoms with Gasteiger partial charge in [-0.05, 0) is 23.8 Å². The maximum Gasteiger partial charge on any atom is 0.221 e. The molecular formula is C6H12BrNO2S2. The molecule has 72 valence electrons. The van der Waals surface area contributed by atoms with Gasteiger partial charge in [0.2, 0.25) is 10.0 Å². The Kier molecular flexibility index (Phi) is 4.36. The second-order valence-electron chi connectivity index (χ2n) is 2.80. The number of alkyl halides is 1. The summed E-state index contributed by atoms with van der Waals surface area (Å²) in [7, 11) is -3.05. The number of halogens is 1. The van der Waals surface area contributed by atoms with E-state index in [1.807, 2.05) is 11.8 Å². The molecule has 1 heterocycles. The Hall–Kier alpha value is 0.740. The molecule has 1 aliphatic rings. The first-order valence-electron chi connectivity index (χ1n) is 3.75. The highest BCUT2D eigenvalue weighted by molar-refractivity contribution is 9.10. The van der Waals surface area contributed by atoms with Crippen molar-refractivity contribution in [2.24, 2.45) is 5.92 Å². The highest BCUT2D eigenvalue weighted by Gasteiger charge is 2.17. The minimum atomic E-state index is -3.05. The number of hydrogen-bond donors (Lipinski definition) is 1. The fraction of sp³-hybridized carbons (Fsp3) is 1.00. The zero-order chi connectivity index (χ0) is 9.03. The molecule has 0 radical (unpaired) electrons. The number of rotatable bonds is 4. The Balaban J connectivity index is 2.25. The summed E-state index contributed by atoms with van der Waals surface area (Å²) in [4.78, 5) is 0. The maximum absolute atomic E-state index is 11.0. The second-order valence-corrected chi connectivity index (χ2v) is 7.06. The summed E-state index contributed by atoms with van der Waals surface area (Å²) >= 11 is 4.82. The lowest BCUT2D eigenvalue weighted by atomic mass is 10.1. The molecule has 0 spiro atoms. The Morgan fingerprint density at radius 2 is 2.33 bits per heavy atom. The summed E-state index contributed by atoms with van der Waals surface area (Å²) in [5.41, 5.74) is 0. The van der Waals surface area contributed by atoms with Gasteiger partial charge in [0.25, 0.3) is 0 Å². The Labute approximate surface area is 85.9 Å². The van der Waals surface area contributed by atoms with Crippen molar-refractivity contribution in [1.82, 2.24) is 4.72 Å². The minimum absolute atomic E-state index is 0.000136. The van der Waals surface area contributed by atoms with E-state index in [4.69, 9.17) is 0 Å². The van der Waals surface area contributed by atoms with E-state index in [1.54, 1.807) is 0 Å². The van der Waals surface area contributed by atoms with Crippen LogP contribution in [-0.2, 0) is 10.0 Å². The molecular weight excluding hydrogens is 262 g/mol. The molecule has 0 aliphatic carbocycles. The fourth-order valence-electron chi connectivity index (χ4n) is 1.03. The maximum atomic E-state index is 11.0. The van der Waals surface area contributed by atoms with Crippen LogP contribution in [-0.4, -0.2) is 31.1 Å². The first kappa shape index (κ1) is 10.8. The third kappa shape index (κ3) is 3.64. The van der Waals surface area contributed by atoms with Gasteiger partial charge in [0.15, 0.2) is 0 Å². The normalized spacial score (nSPS) is 24.6. The van der Waals surface area contributed by atoms with Gasteiger partial charge in [-0.2, -0.15) is 11.8 Å². The van der Waals surface area contributed by atoms with E-state index in [2.05, 4.69) is 20.7 Å². The molecule has 1 unspecified atom stereocenters. The second kappa shape index (κ2) is 4.83. The molecule has 6 heteroatoms. The lowest BCUT2D eigenvalue weighted by Gasteiger charge is -2.08. The standard InChI is InChI=1S/C6H12BrNO2S2/c7-5-12(9,10)8-3-6-1-2-11-4-6/h6,8H,1-5H2. The van der Waals surface area contributed by atoms with Crippen molar-refractivity contribution in [2.45, 2.75) is 6.42 Å². The number of hydrogen-bond acceptors (Lipinski definition) is 3. The van der Waals surface area contributed by atoms with E-state index in [-0.39, 0.29) is 4.66 Å². The third-order valence-corrected chi connectivity index (χ3v) is 5.69. The largest absolute Gasteiger partial charge is 0.221 e. The highest BCUT2D eigenvalue weighted by atomic mass is 79.9. The van der Waals surface area contributed by atoms with Crippen molar-refractivity contribution in [3.63, 3.8) is 0 Å². The molecule has 0 aromatic rings. The van der Waals surface area contributed by atoms with Crippen LogP contribution >= 0.6 is 27.7 Å². The van der Waals surface area contributed by atoms with E-state index < -0.39 is 10.0 Å². The monoisotopic (exact) mass is 273 g/mol. The molecule has 1 rings (SSSR count). The Morgan fingerprint density at radius 3 is 2.83 bits per heavy atom. The summed E-state index contributed by atoms with van der Waals surface area (Å²) in [6.45, 7) is 0.598. The van der Waals surface area contributed by atoms with E-state index in [9.17, 15) is 8.42 Å². The van der Waals surface area contributed by atoms with E-state index in [1.165, 1.54) is 5.75 Å². The molecule has 0 amide bonds. The van der Waals surface area contributed by atoms with E-state index in [0.717, 1.165) is 12.2 Å². The number of thioether (sulfide) groups is 1. The first-order valence-corrected chi connectivity index (χ1v) is 7.68. The van der Waals surface area contributed by atoms with Gasteiger partial charge in [0.1, 0.15) is 4.66 Å². The molecule has 1 saturated heterocycles. The lowest BCUT2D eigenvalue weighted by molar-refractivity contribution is 0.549. The average molecular weight is 274 g/mol. The SMILES string of the molecule is O=S(=O)(CBr)NCC1CCSC1. The third-order valence-electron chi connectivity index (χ3n) is 1.76. The van der Waals surface area contributed by atoms with Crippen LogP contribution in [0.15, 0.2) is 0 Å². The van der Waals surface area contributed by atoms with Crippen LogP contribution in [0.5, 0.6) is 0 Å². The average Bonchev–Trinajstić information content (AvgIpc) is 2.53. The topological polar surface area (TPSA) is 46.2 Å². The summed E-state index contributed by atoms with van der Waals surface area (Å²) in [6, 6.07) is 0. The smallest absolute Gasteiger partial charge is 0.214 e. The van der Waals surface area contributed by atoms with Gasteiger partial charge < -0.3 is 0 Å². The van der Waals surface area contributed by atoms with Gasteiger partial charge in [-0.25, -0.2) is 13.1 Å². The van der Waals surface area contributed by atoms with Crippen molar-refractivity contribution < 1.29 is 8.42 Å². The minimum Gasteiger partial charge on any atom is -0.214 e. The highest BCUT2D eigenvalue weighted by Crippen LogP contribution is 2.22. The van der Waals surface area contributed by atoms with Gasteiger partial charge in [0, 0.05) is 6.54 Å². The van der Waals surface area contributed by atoms with Crippen LogP contribution in [0.3, 0.4) is 0 Å². The Morgan fingerprint density at radius 1 is 1.58 bits per heavy atom. The molecule has 1 N–H and O–H groups in total. The first-order chi connectivity index (χ1) is 5.64. The van der Waals surface area contributed by atoms with Crippen LogP contribution in [0.2, 0.25) is 0 Å². The number of sulfonamides is 1. The summed E-state index contributed by atoms with van der Waals surface area (Å²) in [5, 5.41) is 0. The van der Waals surface area contributed by atoms with Crippen LogP contribution in [0, 0.1) is 5.92 Å². The predicted octanol–water partition coefficient (Wildman–Crippen LogP) is 1.01. The van der Waals surface area contributed by atoms with Crippen LogP contribution < -0.4 is 4.72 Å². The molecule has 1 aliphatic heterocycles. The predicted molar refractivity (Wildman–Crippen MR) is 56.1 cm³/mol. The summed E-state index contributed by atoms with van der Waals surface area (Å²) in [6.07, 6.45) is 1.13. The molecule has 0 bridgehead atoms. The van der Waals surface area contributed by atoms with Crippen molar-refractivity contribution in [3.8, 4) is 0 Å². The quantitative estimate of drug-likeness (QED) is 0.778.